The van der Waals surface area contributed by atoms with E-state index in [4.69, 9.17) is 0 Å². The zero-order valence-corrected chi connectivity index (χ0v) is 11.0. The number of hydrogen-bond acceptors (Lipinski definition) is 2. The highest BCUT2D eigenvalue weighted by molar-refractivity contribution is 7.90. The molecule has 0 saturated heterocycles. The second-order valence-corrected chi connectivity index (χ2v) is 7.33. The van der Waals surface area contributed by atoms with Crippen LogP contribution in [0.3, 0.4) is 0 Å². The van der Waals surface area contributed by atoms with E-state index >= 15 is 0 Å². The molecular weight excluding hydrogens is 222 g/mol. The molecule has 1 N–H and O–H groups in total. The van der Waals surface area contributed by atoms with Crippen molar-refractivity contribution in [3.05, 3.63) is 35.9 Å². The van der Waals surface area contributed by atoms with Gasteiger partial charge < -0.3 is 0 Å². The summed E-state index contributed by atoms with van der Waals surface area (Å²) in [6, 6.07) is 9.33. The topological polar surface area (TPSA) is 46.2 Å². The third kappa shape index (κ3) is 3.06. The van der Waals surface area contributed by atoms with Gasteiger partial charge in [0, 0.05) is 6.04 Å². The second-order valence-electron chi connectivity index (χ2n) is 4.87. The molecule has 1 rings (SSSR count). The molecule has 90 valence electrons. The van der Waals surface area contributed by atoms with Crippen molar-refractivity contribution in [2.75, 3.05) is 0 Å². The zero-order valence-electron chi connectivity index (χ0n) is 10.2. The lowest BCUT2D eigenvalue weighted by atomic mass is 10.1. The smallest absolute Gasteiger partial charge is 0.212 e. The Morgan fingerprint density at radius 2 is 1.62 bits per heavy atom. The zero-order chi connectivity index (χ0) is 12.4. The van der Waals surface area contributed by atoms with Crippen molar-refractivity contribution < 1.29 is 8.42 Å². The quantitative estimate of drug-likeness (QED) is 0.883. The van der Waals surface area contributed by atoms with Crippen LogP contribution in [-0.4, -0.2) is 13.2 Å². The molecule has 0 aliphatic rings. The van der Waals surface area contributed by atoms with E-state index in [2.05, 4.69) is 4.72 Å². The van der Waals surface area contributed by atoms with Gasteiger partial charge in [0.15, 0.2) is 0 Å². The van der Waals surface area contributed by atoms with Crippen LogP contribution in [0.15, 0.2) is 30.3 Å². The first-order chi connectivity index (χ1) is 7.24. The van der Waals surface area contributed by atoms with E-state index in [0.29, 0.717) is 0 Å². The number of hydrogen-bond donors (Lipinski definition) is 1. The van der Waals surface area contributed by atoms with E-state index in [1.807, 2.05) is 37.3 Å². The molecule has 0 aliphatic carbocycles. The summed E-state index contributed by atoms with van der Waals surface area (Å²) in [5.74, 6) is 0. The van der Waals surface area contributed by atoms with Gasteiger partial charge in [0.2, 0.25) is 10.0 Å². The highest BCUT2D eigenvalue weighted by atomic mass is 32.2. The highest BCUT2D eigenvalue weighted by Gasteiger charge is 2.30. The first-order valence-electron chi connectivity index (χ1n) is 5.31. The molecule has 1 atom stereocenters. The second kappa shape index (κ2) is 4.55. The first-order valence-corrected chi connectivity index (χ1v) is 6.79. The number of benzene rings is 1. The van der Waals surface area contributed by atoms with Gasteiger partial charge in [-0.3, -0.25) is 0 Å². The van der Waals surface area contributed by atoms with Crippen molar-refractivity contribution in [3.8, 4) is 0 Å². The fourth-order valence-corrected chi connectivity index (χ4v) is 2.17. The third-order valence-corrected chi connectivity index (χ3v) is 4.71. The molecule has 0 fully saturated rings. The Morgan fingerprint density at radius 3 is 2.06 bits per heavy atom. The molecule has 1 unspecified atom stereocenters. The van der Waals surface area contributed by atoms with Crippen molar-refractivity contribution in [1.82, 2.24) is 4.72 Å². The maximum Gasteiger partial charge on any atom is 0.217 e. The Labute approximate surface area is 97.9 Å². The predicted molar refractivity (Wildman–Crippen MR) is 66.7 cm³/mol. The molecule has 0 aliphatic heterocycles. The highest BCUT2D eigenvalue weighted by Crippen LogP contribution is 2.19. The number of rotatable bonds is 3. The van der Waals surface area contributed by atoms with Crippen molar-refractivity contribution in [2.24, 2.45) is 0 Å². The van der Waals surface area contributed by atoms with Crippen LogP contribution in [0.1, 0.15) is 39.3 Å². The van der Waals surface area contributed by atoms with Crippen LogP contribution >= 0.6 is 0 Å². The fraction of sp³-hybridized carbons (Fsp3) is 0.500. The van der Waals surface area contributed by atoms with Crippen molar-refractivity contribution in [2.45, 2.75) is 38.5 Å². The van der Waals surface area contributed by atoms with E-state index < -0.39 is 14.8 Å². The van der Waals surface area contributed by atoms with Gasteiger partial charge in [-0.2, -0.15) is 0 Å². The van der Waals surface area contributed by atoms with Crippen LogP contribution in [0.2, 0.25) is 0 Å². The lowest BCUT2D eigenvalue weighted by molar-refractivity contribution is 0.532. The summed E-state index contributed by atoms with van der Waals surface area (Å²) in [5.41, 5.74) is 0.968. The van der Waals surface area contributed by atoms with Gasteiger partial charge in [0.1, 0.15) is 0 Å². The van der Waals surface area contributed by atoms with E-state index in [1.54, 1.807) is 20.8 Å². The minimum Gasteiger partial charge on any atom is -0.212 e. The van der Waals surface area contributed by atoms with E-state index in [1.165, 1.54) is 0 Å². The summed E-state index contributed by atoms with van der Waals surface area (Å²) in [5, 5.41) is 0. The predicted octanol–water partition coefficient (Wildman–Crippen LogP) is 2.47. The summed E-state index contributed by atoms with van der Waals surface area (Å²) < 4.78 is 25.8. The average Bonchev–Trinajstić information content (AvgIpc) is 2.16. The number of nitrogens with one attached hydrogen (secondary N) is 1. The first kappa shape index (κ1) is 13.2. The van der Waals surface area contributed by atoms with Gasteiger partial charge in [0.05, 0.1) is 4.75 Å². The summed E-state index contributed by atoms with van der Waals surface area (Å²) in [4.78, 5) is 0. The van der Waals surface area contributed by atoms with Crippen molar-refractivity contribution in [1.29, 1.82) is 0 Å². The fourth-order valence-electron chi connectivity index (χ4n) is 1.22. The van der Waals surface area contributed by atoms with E-state index in [9.17, 15) is 8.42 Å². The Balaban J connectivity index is 2.85. The van der Waals surface area contributed by atoms with Crippen molar-refractivity contribution >= 4 is 10.0 Å². The minimum absolute atomic E-state index is 0.203. The largest absolute Gasteiger partial charge is 0.217 e. The van der Waals surface area contributed by atoms with Crippen LogP contribution in [0.5, 0.6) is 0 Å². The third-order valence-electron chi connectivity index (χ3n) is 2.44. The van der Waals surface area contributed by atoms with Gasteiger partial charge in [0.25, 0.3) is 0 Å². The molecule has 3 nitrogen and oxygen atoms in total. The maximum atomic E-state index is 11.9. The van der Waals surface area contributed by atoms with Gasteiger partial charge in [-0.05, 0) is 33.3 Å². The lowest BCUT2D eigenvalue weighted by Crippen LogP contribution is -2.40. The van der Waals surface area contributed by atoms with Gasteiger partial charge >= 0.3 is 0 Å². The number of sulfonamides is 1. The van der Waals surface area contributed by atoms with Gasteiger partial charge in [-0.25, -0.2) is 13.1 Å². The molecule has 0 radical (unpaired) electrons. The molecule has 0 spiro atoms. The van der Waals surface area contributed by atoms with Gasteiger partial charge in [-0.15, -0.1) is 0 Å². The molecule has 1 aromatic rings. The van der Waals surface area contributed by atoms with E-state index in [-0.39, 0.29) is 6.04 Å². The van der Waals surface area contributed by atoms with E-state index in [0.717, 1.165) is 5.56 Å². The molecule has 0 amide bonds. The average molecular weight is 241 g/mol. The monoisotopic (exact) mass is 241 g/mol. The molecule has 0 bridgehead atoms. The van der Waals surface area contributed by atoms with Crippen LogP contribution in [0.4, 0.5) is 0 Å². The lowest BCUT2D eigenvalue weighted by Gasteiger charge is -2.23. The summed E-state index contributed by atoms with van der Waals surface area (Å²) in [6.07, 6.45) is 0. The minimum atomic E-state index is -3.30. The molecule has 0 aromatic heterocycles. The Bertz CT molecular complexity index is 432. The summed E-state index contributed by atoms with van der Waals surface area (Å²) >= 11 is 0. The molecule has 16 heavy (non-hydrogen) atoms. The Morgan fingerprint density at radius 1 is 1.12 bits per heavy atom. The normalized spacial score (nSPS) is 14.8. The molecule has 1 aromatic carbocycles. The maximum absolute atomic E-state index is 11.9. The molecule has 4 heteroatoms. The Kier molecular flexibility index (Phi) is 3.76. The molecular formula is C12H19NO2S. The van der Waals surface area contributed by atoms with Gasteiger partial charge in [-0.1, -0.05) is 30.3 Å². The summed E-state index contributed by atoms with van der Waals surface area (Å²) in [6.45, 7) is 6.91. The summed E-state index contributed by atoms with van der Waals surface area (Å²) in [7, 11) is -3.30. The van der Waals surface area contributed by atoms with Crippen LogP contribution in [0, 0.1) is 0 Å². The Hall–Kier alpha value is -0.870. The SMILES string of the molecule is CC(NS(=O)(=O)C(C)(C)C)c1ccccc1. The van der Waals surface area contributed by atoms with Crippen LogP contribution < -0.4 is 4.72 Å². The molecule has 0 heterocycles. The van der Waals surface area contributed by atoms with Crippen LogP contribution in [-0.2, 0) is 10.0 Å². The van der Waals surface area contributed by atoms with Crippen molar-refractivity contribution in [3.63, 3.8) is 0 Å². The molecule has 0 saturated carbocycles. The standard InChI is InChI=1S/C12H19NO2S/c1-10(11-8-6-5-7-9-11)13-16(14,15)12(2,3)4/h5-10,13H,1-4H3. The van der Waals surface area contributed by atoms with Crippen LogP contribution in [0.25, 0.3) is 0 Å².